The number of aliphatic hydroxyl groups is 1. The number of nitrogens with one attached hydrogen (secondary N) is 1. The van der Waals surface area contributed by atoms with E-state index in [0.717, 1.165) is 5.56 Å². The van der Waals surface area contributed by atoms with Gasteiger partial charge in [-0.05, 0) is 12.5 Å². The molecule has 1 atom stereocenters. The molecule has 3 rings (SSSR count). The van der Waals surface area contributed by atoms with Crippen LogP contribution in [0.4, 0.5) is 5.82 Å². The third kappa shape index (κ3) is 2.97. The smallest absolute Gasteiger partial charge is 0.184 e. The summed E-state index contributed by atoms with van der Waals surface area (Å²) in [6.45, 7) is 2.71. The first-order valence-electron chi connectivity index (χ1n) is 6.74. The van der Waals surface area contributed by atoms with Crippen molar-refractivity contribution in [1.29, 1.82) is 0 Å². The van der Waals surface area contributed by atoms with Crippen molar-refractivity contribution in [1.82, 2.24) is 25.0 Å². The molecule has 0 saturated carbocycles. The van der Waals surface area contributed by atoms with Crippen LogP contribution in [0.2, 0.25) is 0 Å². The zero-order valence-corrected chi connectivity index (χ0v) is 11.6. The lowest BCUT2D eigenvalue weighted by molar-refractivity contribution is 0.208. The summed E-state index contributed by atoms with van der Waals surface area (Å²) in [7, 11) is 0. The molecular weight excluding hydrogens is 268 g/mol. The Morgan fingerprint density at radius 2 is 2.05 bits per heavy atom. The summed E-state index contributed by atoms with van der Waals surface area (Å²) < 4.78 is 1.74. The van der Waals surface area contributed by atoms with E-state index in [1.807, 2.05) is 30.3 Å². The molecule has 3 aromatic rings. The molecule has 1 aromatic carbocycles. The van der Waals surface area contributed by atoms with Gasteiger partial charge in [-0.25, -0.2) is 14.6 Å². The molecule has 7 heteroatoms. The number of fused-ring (bicyclic) bond motifs is 1. The molecule has 108 valence electrons. The summed E-state index contributed by atoms with van der Waals surface area (Å²) in [5.41, 5.74) is 2.40. The maximum atomic E-state index is 9.34. The van der Waals surface area contributed by atoms with Crippen LogP contribution in [0.5, 0.6) is 0 Å². The number of nitrogens with zero attached hydrogens (tertiary/aromatic N) is 5. The maximum absolute atomic E-state index is 9.34. The second-order valence-electron chi connectivity index (χ2n) is 4.86. The Kier molecular flexibility index (Phi) is 3.74. The lowest BCUT2D eigenvalue weighted by Gasteiger charge is -2.07. The molecule has 2 heterocycles. The molecule has 0 aliphatic carbocycles. The van der Waals surface area contributed by atoms with Crippen molar-refractivity contribution in [2.45, 2.75) is 19.6 Å². The Morgan fingerprint density at radius 1 is 1.24 bits per heavy atom. The Hall–Kier alpha value is -2.54. The van der Waals surface area contributed by atoms with Crippen LogP contribution in [0.15, 0.2) is 36.7 Å². The molecule has 0 aliphatic heterocycles. The van der Waals surface area contributed by atoms with E-state index in [9.17, 15) is 5.11 Å². The summed E-state index contributed by atoms with van der Waals surface area (Å²) in [6.07, 6.45) is 1.01. The third-order valence-electron chi connectivity index (χ3n) is 3.04. The lowest BCUT2D eigenvalue weighted by atomic mass is 10.2. The van der Waals surface area contributed by atoms with Crippen LogP contribution in [0.1, 0.15) is 12.5 Å². The van der Waals surface area contributed by atoms with Gasteiger partial charge >= 0.3 is 0 Å². The van der Waals surface area contributed by atoms with Crippen LogP contribution in [0, 0.1) is 0 Å². The number of hydrogen-bond acceptors (Lipinski definition) is 6. The first-order valence-corrected chi connectivity index (χ1v) is 6.74. The first-order chi connectivity index (χ1) is 10.2. The molecule has 0 amide bonds. The van der Waals surface area contributed by atoms with Crippen molar-refractivity contribution >= 4 is 17.0 Å². The van der Waals surface area contributed by atoms with E-state index in [1.165, 1.54) is 6.33 Å². The van der Waals surface area contributed by atoms with Gasteiger partial charge < -0.3 is 10.4 Å². The highest BCUT2D eigenvalue weighted by Crippen LogP contribution is 2.16. The van der Waals surface area contributed by atoms with Crippen molar-refractivity contribution < 1.29 is 5.11 Å². The minimum Gasteiger partial charge on any atom is -0.392 e. The van der Waals surface area contributed by atoms with Gasteiger partial charge in [0, 0.05) is 6.54 Å². The summed E-state index contributed by atoms with van der Waals surface area (Å²) in [5.74, 6) is 0.584. The minimum atomic E-state index is -0.464. The number of anilines is 1. The summed E-state index contributed by atoms with van der Waals surface area (Å²) in [5, 5.41) is 20.7. The van der Waals surface area contributed by atoms with Gasteiger partial charge in [-0.3, -0.25) is 0 Å². The van der Waals surface area contributed by atoms with Gasteiger partial charge in [-0.1, -0.05) is 35.5 Å². The number of aromatic nitrogens is 5. The molecule has 0 radical (unpaired) electrons. The van der Waals surface area contributed by atoms with Gasteiger partial charge in [0.2, 0.25) is 0 Å². The van der Waals surface area contributed by atoms with E-state index < -0.39 is 6.10 Å². The molecule has 21 heavy (non-hydrogen) atoms. The standard InChI is InChI=1S/C14H16N6O/c1-10(21)7-15-13-12-14(17-9-16-13)20(19-18-12)8-11-5-3-2-4-6-11/h2-6,9-10,21H,7-8H2,1H3,(H,15,16,17). The summed E-state index contributed by atoms with van der Waals surface area (Å²) in [4.78, 5) is 8.40. The fraction of sp³-hybridized carbons (Fsp3) is 0.286. The van der Waals surface area contributed by atoms with Crippen molar-refractivity contribution in [3.63, 3.8) is 0 Å². The van der Waals surface area contributed by atoms with E-state index in [2.05, 4.69) is 25.6 Å². The zero-order chi connectivity index (χ0) is 14.7. The SMILES string of the molecule is CC(O)CNc1ncnc2c1nnn2Cc1ccccc1. The molecule has 0 aliphatic rings. The second-order valence-corrected chi connectivity index (χ2v) is 4.86. The van der Waals surface area contributed by atoms with Crippen molar-refractivity contribution in [3.05, 3.63) is 42.2 Å². The second kappa shape index (κ2) is 5.84. The van der Waals surface area contributed by atoms with Gasteiger partial charge in [0.25, 0.3) is 0 Å². The number of hydrogen-bond donors (Lipinski definition) is 2. The molecular formula is C14H16N6O. The first kappa shape index (κ1) is 13.4. The van der Waals surface area contributed by atoms with Crippen LogP contribution in [-0.2, 0) is 6.54 Å². The van der Waals surface area contributed by atoms with E-state index in [-0.39, 0.29) is 0 Å². The predicted octanol–water partition coefficient (Wildman–Crippen LogP) is 1.06. The topological polar surface area (TPSA) is 88.8 Å². The number of rotatable bonds is 5. The molecule has 0 fully saturated rings. The van der Waals surface area contributed by atoms with E-state index >= 15 is 0 Å². The Bertz CT molecular complexity index is 725. The van der Waals surface area contributed by atoms with Crippen LogP contribution in [0.3, 0.4) is 0 Å². The molecule has 7 nitrogen and oxygen atoms in total. The van der Waals surface area contributed by atoms with Gasteiger partial charge in [-0.2, -0.15) is 0 Å². The Morgan fingerprint density at radius 3 is 2.81 bits per heavy atom. The Labute approximate surface area is 121 Å². The summed E-state index contributed by atoms with van der Waals surface area (Å²) >= 11 is 0. The monoisotopic (exact) mass is 284 g/mol. The fourth-order valence-corrected chi connectivity index (χ4v) is 2.03. The quantitative estimate of drug-likeness (QED) is 0.728. The van der Waals surface area contributed by atoms with E-state index in [1.54, 1.807) is 11.6 Å². The normalized spacial score (nSPS) is 12.5. The van der Waals surface area contributed by atoms with Gasteiger partial charge in [0.1, 0.15) is 6.33 Å². The van der Waals surface area contributed by atoms with Gasteiger partial charge in [-0.15, -0.1) is 5.10 Å². The van der Waals surface area contributed by atoms with Crippen molar-refractivity contribution in [2.75, 3.05) is 11.9 Å². The molecule has 1 unspecified atom stereocenters. The summed E-state index contributed by atoms with van der Waals surface area (Å²) in [6, 6.07) is 10.0. The average Bonchev–Trinajstić information content (AvgIpc) is 2.90. The number of benzene rings is 1. The van der Waals surface area contributed by atoms with Crippen LogP contribution in [0.25, 0.3) is 11.2 Å². The lowest BCUT2D eigenvalue weighted by Crippen LogP contribution is -2.16. The highest BCUT2D eigenvalue weighted by molar-refractivity contribution is 5.81. The Balaban J connectivity index is 1.90. The highest BCUT2D eigenvalue weighted by atomic mass is 16.3. The largest absolute Gasteiger partial charge is 0.392 e. The zero-order valence-electron chi connectivity index (χ0n) is 11.6. The predicted molar refractivity (Wildman–Crippen MR) is 78.8 cm³/mol. The molecule has 0 bridgehead atoms. The van der Waals surface area contributed by atoms with Crippen LogP contribution in [-0.4, -0.2) is 42.7 Å². The van der Waals surface area contributed by atoms with Crippen LogP contribution >= 0.6 is 0 Å². The van der Waals surface area contributed by atoms with E-state index in [4.69, 9.17) is 0 Å². The van der Waals surface area contributed by atoms with Crippen molar-refractivity contribution in [3.8, 4) is 0 Å². The fourth-order valence-electron chi connectivity index (χ4n) is 2.03. The van der Waals surface area contributed by atoms with Gasteiger partial charge in [0.05, 0.1) is 12.6 Å². The molecule has 0 spiro atoms. The maximum Gasteiger partial charge on any atom is 0.184 e. The molecule has 2 N–H and O–H groups in total. The van der Waals surface area contributed by atoms with E-state index in [0.29, 0.717) is 30.1 Å². The average molecular weight is 284 g/mol. The third-order valence-corrected chi connectivity index (χ3v) is 3.04. The van der Waals surface area contributed by atoms with Gasteiger partial charge in [0.15, 0.2) is 17.0 Å². The van der Waals surface area contributed by atoms with Crippen molar-refractivity contribution in [2.24, 2.45) is 0 Å². The molecule has 2 aromatic heterocycles. The van der Waals surface area contributed by atoms with Crippen LogP contribution < -0.4 is 5.32 Å². The number of aliphatic hydroxyl groups excluding tert-OH is 1. The molecule has 0 saturated heterocycles. The minimum absolute atomic E-state index is 0.400. The highest BCUT2D eigenvalue weighted by Gasteiger charge is 2.12.